The van der Waals surface area contributed by atoms with E-state index in [1.807, 2.05) is 4.72 Å². The number of anilines is 2. The number of nitrogens with zero attached hydrogens (tertiary/aromatic N) is 1. The van der Waals surface area contributed by atoms with Gasteiger partial charge in [-0.15, -0.1) is 0 Å². The van der Waals surface area contributed by atoms with Gasteiger partial charge in [0.1, 0.15) is 0 Å². The van der Waals surface area contributed by atoms with E-state index >= 15 is 0 Å². The van der Waals surface area contributed by atoms with Crippen LogP contribution in [0.25, 0.3) is 0 Å². The minimum atomic E-state index is -4.29. The van der Waals surface area contributed by atoms with Gasteiger partial charge in [0.05, 0.1) is 5.69 Å². The average Bonchev–Trinajstić information content (AvgIpc) is 2.24. The fraction of sp³-hybridized carbons (Fsp3) is 0.500. The Balaban J connectivity index is 2.64. The zero-order valence-electron chi connectivity index (χ0n) is 9.68. The smallest absolute Gasteiger partial charge is 0.358 e. The number of aromatic nitrogens is 1. The van der Waals surface area contributed by atoms with E-state index in [0.29, 0.717) is 5.69 Å². The van der Waals surface area contributed by atoms with Crippen LogP contribution in [0, 0.1) is 0 Å². The Bertz CT molecular complexity index is 448. The fourth-order valence-corrected chi connectivity index (χ4v) is 1.76. The maximum absolute atomic E-state index is 10.7. The zero-order chi connectivity index (χ0) is 12.7. The Kier molecular flexibility index (Phi) is 5.17. The van der Waals surface area contributed by atoms with Crippen molar-refractivity contribution in [3.8, 4) is 0 Å². The molecule has 0 spiro atoms. The van der Waals surface area contributed by atoms with Crippen LogP contribution in [0.3, 0.4) is 0 Å². The second-order valence-corrected chi connectivity index (χ2v) is 4.76. The molecule has 1 heterocycles. The first-order valence-electron chi connectivity index (χ1n) is 5.47. The normalized spacial score (nSPS) is 11.2. The number of nitrogens with one attached hydrogen (secondary N) is 2. The quantitative estimate of drug-likeness (QED) is 0.514. The van der Waals surface area contributed by atoms with Gasteiger partial charge in [0, 0.05) is 12.7 Å². The predicted octanol–water partition coefficient (Wildman–Crippen LogP) is 1.90. The van der Waals surface area contributed by atoms with Crippen molar-refractivity contribution in [2.24, 2.45) is 0 Å². The molecule has 0 aliphatic heterocycles. The lowest BCUT2D eigenvalue weighted by Gasteiger charge is -2.10. The number of hydrogen-bond donors (Lipinski definition) is 3. The van der Waals surface area contributed by atoms with Crippen LogP contribution in [0.1, 0.15) is 26.2 Å². The molecule has 96 valence electrons. The summed E-state index contributed by atoms with van der Waals surface area (Å²) in [7, 11) is -4.29. The Morgan fingerprint density at radius 2 is 2.18 bits per heavy atom. The van der Waals surface area contributed by atoms with Crippen LogP contribution in [-0.4, -0.2) is 24.5 Å². The van der Waals surface area contributed by atoms with E-state index in [0.717, 1.165) is 25.8 Å². The van der Waals surface area contributed by atoms with Gasteiger partial charge in [-0.1, -0.05) is 19.8 Å². The van der Waals surface area contributed by atoms with Gasteiger partial charge in [-0.05, 0) is 18.6 Å². The topological polar surface area (TPSA) is 91.3 Å². The van der Waals surface area contributed by atoms with Gasteiger partial charge < -0.3 is 5.32 Å². The van der Waals surface area contributed by atoms with Crippen molar-refractivity contribution in [3.05, 3.63) is 18.3 Å². The molecule has 7 heteroatoms. The van der Waals surface area contributed by atoms with Gasteiger partial charge in [-0.2, -0.15) is 8.42 Å². The number of hydrogen-bond acceptors (Lipinski definition) is 4. The lowest BCUT2D eigenvalue weighted by molar-refractivity contribution is 0.489. The van der Waals surface area contributed by atoms with E-state index in [1.165, 1.54) is 6.20 Å². The van der Waals surface area contributed by atoms with Gasteiger partial charge >= 0.3 is 10.3 Å². The van der Waals surface area contributed by atoms with Crippen LogP contribution >= 0.6 is 0 Å². The first kappa shape index (κ1) is 13.7. The maximum Gasteiger partial charge on any atom is 0.358 e. The molecule has 0 bridgehead atoms. The van der Waals surface area contributed by atoms with E-state index in [2.05, 4.69) is 17.2 Å². The third-order valence-electron chi connectivity index (χ3n) is 2.13. The molecule has 1 rings (SSSR count). The second kappa shape index (κ2) is 6.41. The van der Waals surface area contributed by atoms with Gasteiger partial charge in [0.15, 0.2) is 5.82 Å². The summed E-state index contributed by atoms with van der Waals surface area (Å²) in [6.45, 7) is 2.84. The molecule has 0 radical (unpaired) electrons. The van der Waals surface area contributed by atoms with E-state index < -0.39 is 10.3 Å². The maximum atomic E-state index is 10.7. The number of unbranched alkanes of at least 4 members (excludes halogenated alkanes) is 2. The molecule has 0 atom stereocenters. The Hall–Kier alpha value is -1.34. The van der Waals surface area contributed by atoms with Crippen molar-refractivity contribution in [3.63, 3.8) is 0 Å². The van der Waals surface area contributed by atoms with Gasteiger partial charge in [0.25, 0.3) is 0 Å². The summed E-state index contributed by atoms with van der Waals surface area (Å²) in [6.07, 6.45) is 4.67. The molecule has 0 aliphatic rings. The third kappa shape index (κ3) is 5.50. The first-order chi connectivity index (χ1) is 8.03. The highest BCUT2D eigenvalue weighted by molar-refractivity contribution is 7.87. The van der Waals surface area contributed by atoms with Gasteiger partial charge in [-0.25, -0.2) is 9.71 Å². The van der Waals surface area contributed by atoms with Gasteiger partial charge in [-0.3, -0.25) is 4.55 Å². The highest BCUT2D eigenvalue weighted by Gasteiger charge is 2.09. The van der Waals surface area contributed by atoms with Crippen molar-refractivity contribution < 1.29 is 13.0 Å². The monoisotopic (exact) mass is 259 g/mol. The van der Waals surface area contributed by atoms with Crippen LogP contribution in [-0.2, 0) is 10.3 Å². The molecule has 0 fully saturated rings. The molecular formula is C10H17N3O3S. The summed E-state index contributed by atoms with van der Waals surface area (Å²) in [5.41, 5.74) is 0.557. The Morgan fingerprint density at radius 1 is 1.41 bits per heavy atom. The average molecular weight is 259 g/mol. The minimum absolute atomic E-state index is 0.103. The van der Waals surface area contributed by atoms with Crippen molar-refractivity contribution in [2.75, 3.05) is 16.6 Å². The van der Waals surface area contributed by atoms with Crippen molar-refractivity contribution in [1.82, 2.24) is 4.98 Å². The zero-order valence-corrected chi connectivity index (χ0v) is 10.5. The predicted molar refractivity (Wildman–Crippen MR) is 67.4 cm³/mol. The molecular weight excluding hydrogens is 242 g/mol. The first-order valence-corrected chi connectivity index (χ1v) is 6.91. The molecule has 0 aromatic carbocycles. The molecule has 6 nitrogen and oxygen atoms in total. The standard InChI is InChI=1S/C10H17N3O3S/c1-2-3-4-7-11-9-6-5-8-12-10(9)13-17(14,15)16/h5-6,8,11H,2-4,7H2,1H3,(H,12,13)(H,14,15,16). The molecule has 1 aromatic rings. The molecule has 17 heavy (non-hydrogen) atoms. The van der Waals surface area contributed by atoms with Gasteiger partial charge in [0.2, 0.25) is 0 Å². The Labute approximate surface area is 101 Å². The van der Waals surface area contributed by atoms with Crippen LogP contribution in [0.5, 0.6) is 0 Å². The minimum Gasteiger partial charge on any atom is -0.382 e. The SMILES string of the molecule is CCCCCNc1cccnc1NS(=O)(=O)O. The lowest BCUT2D eigenvalue weighted by Crippen LogP contribution is -2.14. The highest BCUT2D eigenvalue weighted by Crippen LogP contribution is 2.18. The van der Waals surface area contributed by atoms with E-state index in [4.69, 9.17) is 4.55 Å². The second-order valence-electron chi connectivity index (χ2n) is 3.61. The van der Waals surface area contributed by atoms with Crippen molar-refractivity contribution >= 4 is 21.8 Å². The molecule has 3 N–H and O–H groups in total. The van der Waals surface area contributed by atoms with E-state index in [9.17, 15) is 8.42 Å². The van der Waals surface area contributed by atoms with Crippen LogP contribution in [0.4, 0.5) is 11.5 Å². The molecule has 1 aromatic heterocycles. The lowest BCUT2D eigenvalue weighted by atomic mass is 10.2. The molecule has 0 saturated carbocycles. The van der Waals surface area contributed by atoms with Crippen LogP contribution in [0.2, 0.25) is 0 Å². The number of pyridine rings is 1. The number of rotatable bonds is 7. The third-order valence-corrected chi connectivity index (χ3v) is 2.58. The van der Waals surface area contributed by atoms with Crippen LogP contribution < -0.4 is 10.0 Å². The van der Waals surface area contributed by atoms with Crippen molar-refractivity contribution in [1.29, 1.82) is 0 Å². The molecule has 0 saturated heterocycles. The van der Waals surface area contributed by atoms with Crippen molar-refractivity contribution in [2.45, 2.75) is 26.2 Å². The summed E-state index contributed by atoms with van der Waals surface area (Å²) in [4.78, 5) is 3.85. The van der Waals surface area contributed by atoms with Crippen LogP contribution in [0.15, 0.2) is 18.3 Å². The summed E-state index contributed by atoms with van der Waals surface area (Å²) in [5, 5.41) is 3.07. The highest BCUT2D eigenvalue weighted by atomic mass is 32.2. The Morgan fingerprint density at radius 3 is 2.82 bits per heavy atom. The van der Waals surface area contributed by atoms with E-state index in [1.54, 1.807) is 12.1 Å². The van der Waals surface area contributed by atoms with E-state index in [-0.39, 0.29) is 5.82 Å². The summed E-state index contributed by atoms with van der Waals surface area (Å²) in [5.74, 6) is 0.103. The summed E-state index contributed by atoms with van der Waals surface area (Å²) >= 11 is 0. The molecule has 0 aliphatic carbocycles. The fourth-order valence-electron chi connectivity index (χ4n) is 1.35. The molecule has 0 unspecified atom stereocenters. The molecule has 0 amide bonds. The summed E-state index contributed by atoms with van der Waals surface area (Å²) in [6, 6.07) is 3.39. The largest absolute Gasteiger partial charge is 0.382 e. The summed E-state index contributed by atoms with van der Waals surface area (Å²) < 4.78 is 32.1.